The molecule has 1 aliphatic rings. The second-order valence-electron chi connectivity index (χ2n) is 5.74. The van der Waals surface area contributed by atoms with Crippen LogP contribution in [0.3, 0.4) is 0 Å². The number of nitrogens with two attached hydrogens (primary N) is 1. The zero-order valence-electron chi connectivity index (χ0n) is 11.8. The normalized spacial score (nSPS) is 23.9. The molecule has 0 aromatic carbocycles. The number of piperidine rings is 1. The number of carbonyl (C=O) groups is 1. The molecule has 5 nitrogen and oxygen atoms in total. The molecule has 5 heteroatoms. The summed E-state index contributed by atoms with van der Waals surface area (Å²) in [5.41, 5.74) is 7.00. The highest BCUT2D eigenvalue weighted by atomic mass is 16.3. The number of likely N-dealkylation sites (tertiary alicyclic amines) is 1. The second kappa shape index (κ2) is 5.25. The number of nitrogen functional groups attached to an aromatic ring is 1. The van der Waals surface area contributed by atoms with Gasteiger partial charge in [0.05, 0.1) is 11.8 Å². The van der Waals surface area contributed by atoms with Gasteiger partial charge in [0.15, 0.2) is 0 Å². The number of aromatic nitrogens is 1. The highest BCUT2D eigenvalue weighted by Gasteiger charge is 2.29. The van der Waals surface area contributed by atoms with Gasteiger partial charge in [0.2, 0.25) is 0 Å². The average Bonchev–Trinajstić information content (AvgIpc) is 2.74. The van der Waals surface area contributed by atoms with Gasteiger partial charge in [-0.2, -0.15) is 0 Å². The number of amides is 1. The summed E-state index contributed by atoms with van der Waals surface area (Å²) in [5.74, 6) is 0.211. The van der Waals surface area contributed by atoms with E-state index in [0.29, 0.717) is 24.5 Å². The number of hydrogen-bond acceptors (Lipinski definition) is 3. The lowest BCUT2D eigenvalue weighted by atomic mass is 9.96. The van der Waals surface area contributed by atoms with Crippen LogP contribution in [0, 0.1) is 5.92 Å². The van der Waals surface area contributed by atoms with Crippen molar-refractivity contribution in [2.75, 3.05) is 18.8 Å². The van der Waals surface area contributed by atoms with Crippen LogP contribution in [-0.4, -0.2) is 39.7 Å². The van der Waals surface area contributed by atoms with E-state index in [4.69, 9.17) is 5.73 Å². The lowest BCUT2D eigenvalue weighted by molar-refractivity contribution is 0.0241. The van der Waals surface area contributed by atoms with E-state index in [9.17, 15) is 9.90 Å². The van der Waals surface area contributed by atoms with E-state index in [1.807, 2.05) is 25.3 Å². The van der Waals surface area contributed by atoms with Crippen LogP contribution in [0.2, 0.25) is 0 Å². The third-order valence-electron chi connectivity index (χ3n) is 3.85. The Morgan fingerprint density at radius 2 is 2.21 bits per heavy atom. The van der Waals surface area contributed by atoms with Crippen LogP contribution in [0.4, 0.5) is 5.69 Å². The first-order valence-electron chi connectivity index (χ1n) is 6.84. The minimum atomic E-state index is -0.433. The number of rotatable bonds is 2. The molecule has 2 heterocycles. The fraction of sp³-hybridized carbons (Fsp3) is 0.643. The van der Waals surface area contributed by atoms with Crippen LogP contribution in [-0.2, 0) is 0 Å². The van der Waals surface area contributed by atoms with Crippen molar-refractivity contribution >= 4 is 11.6 Å². The number of β-amino-alcohol motifs (C(OH)–C–C–N with tert-alkyl or cyclic N) is 1. The SMILES string of the molecule is CC1CCN(C(=O)c2cc(N)cn2C(C)C)CC1O. The standard InChI is InChI=1S/C14H23N3O2/c1-9(2)17-7-11(15)6-12(17)14(19)16-5-4-10(3)13(18)8-16/h6-7,9-10,13,18H,4-5,8,15H2,1-3H3. The third-order valence-corrected chi connectivity index (χ3v) is 3.85. The maximum atomic E-state index is 12.5. The number of aliphatic hydroxyl groups excluding tert-OH is 1. The van der Waals surface area contributed by atoms with Crippen LogP contribution < -0.4 is 5.73 Å². The van der Waals surface area contributed by atoms with Gasteiger partial charge in [0.25, 0.3) is 5.91 Å². The van der Waals surface area contributed by atoms with Gasteiger partial charge in [-0.3, -0.25) is 4.79 Å². The second-order valence-corrected chi connectivity index (χ2v) is 5.74. The molecule has 0 aliphatic carbocycles. The molecule has 0 spiro atoms. The van der Waals surface area contributed by atoms with Gasteiger partial charge in [-0.15, -0.1) is 0 Å². The summed E-state index contributed by atoms with van der Waals surface area (Å²) in [6, 6.07) is 1.90. The zero-order chi connectivity index (χ0) is 14.2. The van der Waals surface area contributed by atoms with Gasteiger partial charge in [0, 0.05) is 25.3 Å². The predicted molar refractivity (Wildman–Crippen MR) is 74.9 cm³/mol. The summed E-state index contributed by atoms with van der Waals surface area (Å²) in [6.45, 7) is 7.15. The van der Waals surface area contributed by atoms with E-state index in [1.165, 1.54) is 0 Å². The molecule has 0 radical (unpaired) electrons. The minimum Gasteiger partial charge on any atom is -0.397 e. The van der Waals surface area contributed by atoms with Gasteiger partial charge in [-0.05, 0) is 32.3 Å². The van der Waals surface area contributed by atoms with Gasteiger partial charge in [-0.25, -0.2) is 0 Å². The molecule has 2 unspecified atom stereocenters. The predicted octanol–water partition coefficient (Wildman–Crippen LogP) is 1.49. The van der Waals surface area contributed by atoms with Crippen molar-refractivity contribution in [2.45, 2.75) is 39.3 Å². The Labute approximate surface area is 114 Å². The van der Waals surface area contributed by atoms with Crippen molar-refractivity contribution in [3.05, 3.63) is 18.0 Å². The first kappa shape index (κ1) is 13.9. The topological polar surface area (TPSA) is 71.5 Å². The molecular weight excluding hydrogens is 242 g/mol. The minimum absolute atomic E-state index is 0.0450. The smallest absolute Gasteiger partial charge is 0.270 e. The summed E-state index contributed by atoms with van der Waals surface area (Å²) in [7, 11) is 0. The number of hydrogen-bond donors (Lipinski definition) is 2. The monoisotopic (exact) mass is 265 g/mol. The molecule has 2 atom stereocenters. The highest BCUT2D eigenvalue weighted by molar-refractivity contribution is 5.94. The maximum absolute atomic E-state index is 12.5. The van der Waals surface area contributed by atoms with Crippen molar-refractivity contribution in [1.29, 1.82) is 0 Å². The lowest BCUT2D eigenvalue weighted by Crippen LogP contribution is -2.46. The number of nitrogens with zero attached hydrogens (tertiary/aromatic N) is 2. The van der Waals surface area contributed by atoms with Crippen LogP contribution >= 0.6 is 0 Å². The molecule has 1 fully saturated rings. The maximum Gasteiger partial charge on any atom is 0.270 e. The first-order valence-corrected chi connectivity index (χ1v) is 6.84. The molecular formula is C14H23N3O2. The number of anilines is 1. The zero-order valence-corrected chi connectivity index (χ0v) is 11.8. The average molecular weight is 265 g/mol. The molecule has 2 rings (SSSR count). The van der Waals surface area contributed by atoms with E-state index < -0.39 is 6.10 Å². The van der Waals surface area contributed by atoms with E-state index in [2.05, 4.69) is 0 Å². The molecule has 1 aromatic rings. The van der Waals surface area contributed by atoms with Crippen molar-refractivity contribution in [3.8, 4) is 0 Å². The van der Waals surface area contributed by atoms with Crippen LogP contribution in [0.1, 0.15) is 43.7 Å². The highest BCUT2D eigenvalue weighted by Crippen LogP contribution is 2.22. The molecule has 1 saturated heterocycles. The summed E-state index contributed by atoms with van der Waals surface area (Å²) in [4.78, 5) is 14.2. The van der Waals surface area contributed by atoms with Crippen LogP contribution in [0.15, 0.2) is 12.3 Å². The summed E-state index contributed by atoms with van der Waals surface area (Å²) >= 11 is 0. The van der Waals surface area contributed by atoms with Crippen LogP contribution in [0.5, 0.6) is 0 Å². The Kier molecular flexibility index (Phi) is 3.85. The molecule has 1 aromatic heterocycles. The van der Waals surface area contributed by atoms with Crippen LogP contribution in [0.25, 0.3) is 0 Å². The van der Waals surface area contributed by atoms with E-state index >= 15 is 0 Å². The summed E-state index contributed by atoms with van der Waals surface area (Å²) in [6.07, 6.45) is 2.20. The number of carbonyl (C=O) groups excluding carboxylic acids is 1. The van der Waals surface area contributed by atoms with E-state index in [-0.39, 0.29) is 17.9 Å². The lowest BCUT2D eigenvalue weighted by Gasteiger charge is -2.34. The third kappa shape index (κ3) is 2.76. The Bertz CT molecular complexity index is 467. The Hall–Kier alpha value is -1.49. The fourth-order valence-electron chi connectivity index (χ4n) is 2.49. The van der Waals surface area contributed by atoms with Crippen molar-refractivity contribution in [2.24, 2.45) is 5.92 Å². The summed E-state index contributed by atoms with van der Waals surface area (Å²) in [5, 5.41) is 9.90. The molecule has 0 bridgehead atoms. The van der Waals surface area contributed by atoms with Gasteiger partial charge < -0.3 is 20.3 Å². The van der Waals surface area contributed by atoms with Gasteiger partial charge in [-0.1, -0.05) is 6.92 Å². The van der Waals surface area contributed by atoms with E-state index in [0.717, 1.165) is 6.42 Å². The first-order chi connectivity index (χ1) is 8.90. The Morgan fingerprint density at radius 3 is 2.79 bits per heavy atom. The summed E-state index contributed by atoms with van der Waals surface area (Å²) < 4.78 is 1.89. The van der Waals surface area contributed by atoms with Gasteiger partial charge in [0.1, 0.15) is 5.69 Å². The fourth-order valence-corrected chi connectivity index (χ4v) is 2.49. The van der Waals surface area contributed by atoms with Gasteiger partial charge >= 0.3 is 0 Å². The Balaban J connectivity index is 2.20. The largest absolute Gasteiger partial charge is 0.397 e. The molecule has 1 aliphatic heterocycles. The van der Waals surface area contributed by atoms with Crippen molar-refractivity contribution < 1.29 is 9.90 Å². The molecule has 19 heavy (non-hydrogen) atoms. The number of aliphatic hydroxyl groups is 1. The van der Waals surface area contributed by atoms with Crippen molar-refractivity contribution in [3.63, 3.8) is 0 Å². The molecule has 3 N–H and O–H groups in total. The van der Waals surface area contributed by atoms with E-state index in [1.54, 1.807) is 17.2 Å². The quantitative estimate of drug-likeness (QED) is 0.851. The molecule has 106 valence electrons. The Morgan fingerprint density at radius 1 is 1.53 bits per heavy atom. The molecule has 1 amide bonds. The van der Waals surface area contributed by atoms with Crippen molar-refractivity contribution in [1.82, 2.24) is 9.47 Å². The molecule has 0 saturated carbocycles.